The average Bonchev–Trinajstić information content (AvgIpc) is 2.64. The number of benzene rings is 1. The van der Waals surface area contributed by atoms with Crippen LogP contribution in [0.1, 0.15) is 13.3 Å². The van der Waals surface area contributed by atoms with Crippen molar-refractivity contribution >= 4 is 23.1 Å². The monoisotopic (exact) mass is 256 g/mol. The standard InChI is InChI=1S/C11H13FN2O2S/c1-7-9(4-5-17-7)13-10-6-8(12)2-3-11(10)14(15)16/h2-3,6-7,9,13H,4-5H2,1H3. The third-order valence-electron chi connectivity index (χ3n) is 2.87. The van der Waals surface area contributed by atoms with Crippen molar-refractivity contribution < 1.29 is 9.31 Å². The van der Waals surface area contributed by atoms with Crippen molar-refractivity contribution in [1.29, 1.82) is 0 Å². The number of hydrogen-bond donors (Lipinski definition) is 1. The Balaban J connectivity index is 2.24. The van der Waals surface area contributed by atoms with Gasteiger partial charge in [-0.15, -0.1) is 0 Å². The Bertz CT molecular complexity index is 441. The van der Waals surface area contributed by atoms with Gasteiger partial charge in [-0.25, -0.2) is 4.39 Å². The molecular weight excluding hydrogens is 243 g/mol. The van der Waals surface area contributed by atoms with Crippen molar-refractivity contribution in [1.82, 2.24) is 0 Å². The molecule has 0 spiro atoms. The molecule has 0 amide bonds. The molecule has 0 aliphatic carbocycles. The van der Waals surface area contributed by atoms with Gasteiger partial charge in [0.1, 0.15) is 11.5 Å². The number of nitro groups is 1. The highest BCUT2D eigenvalue weighted by Crippen LogP contribution is 2.32. The maximum absolute atomic E-state index is 13.1. The van der Waals surface area contributed by atoms with Crippen LogP contribution in [0.4, 0.5) is 15.8 Å². The molecule has 1 fully saturated rings. The fourth-order valence-corrected chi connectivity index (χ4v) is 3.10. The summed E-state index contributed by atoms with van der Waals surface area (Å²) in [5.74, 6) is 0.568. The third kappa shape index (κ3) is 2.69. The van der Waals surface area contributed by atoms with Gasteiger partial charge in [-0.1, -0.05) is 6.92 Å². The number of rotatable bonds is 3. The minimum absolute atomic E-state index is 0.0736. The zero-order valence-corrected chi connectivity index (χ0v) is 10.2. The summed E-state index contributed by atoms with van der Waals surface area (Å²) in [6.07, 6.45) is 0.944. The fraction of sp³-hybridized carbons (Fsp3) is 0.455. The molecule has 1 aromatic carbocycles. The highest BCUT2D eigenvalue weighted by molar-refractivity contribution is 8.00. The first-order valence-corrected chi connectivity index (χ1v) is 6.45. The second-order valence-corrected chi connectivity index (χ2v) is 5.52. The molecule has 1 heterocycles. The molecule has 92 valence electrons. The Morgan fingerprint density at radius 3 is 2.94 bits per heavy atom. The Hall–Kier alpha value is -1.30. The van der Waals surface area contributed by atoms with E-state index in [2.05, 4.69) is 12.2 Å². The number of hydrogen-bond acceptors (Lipinski definition) is 4. The Kier molecular flexibility index (Phi) is 3.51. The Morgan fingerprint density at radius 1 is 1.59 bits per heavy atom. The van der Waals surface area contributed by atoms with Crippen LogP contribution in [0.2, 0.25) is 0 Å². The summed E-state index contributed by atoms with van der Waals surface area (Å²) in [5, 5.41) is 14.3. The lowest BCUT2D eigenvalue weighted by molar-refractivity contribution is -0.384. The number of nitrogens with one attached hydrogen (secondary N) is 1. The van der Waals surface area contributed by atoms with Crippen LogP contribution in [0.3, 0.4) is 0 Å². The largest absolute Gasteiger partial charge is 0.376 e. The van der Waals surface area contributed by atoms with Gasteiger partial charge in [-0.05, 0) is 18.2 Å². The first-order chi connectivity index (χ1) is 8.08. The predicted molar refractivity (Wildman–Crippen MR) is 67.0 cm³/mol. The van der Waals surface area contributed by atoms with E-state index in [0.29, 0.717) is 5.25 Å². The Labute approximate surface area is 103 Å². The molecule has 2 atom stereocenters. The number of thioether (sulfide) groups is 1. The molecule has 6 heteroatoms. The second-order valence-electron chi connectivity index (χ2n) is 4.03. The normalized spacial score (nSPS) is 23.6. The van der Waals surface area contributed by atoms with Gasteiger partial charge >= 0.3 is 0 Å². The highest BCUT2D eigenvalue weighted by atomic mass is 32.2. The third-order valence-corrected chi connectivity index (χ3v) is 4.20. The van der Waals surface area contributed by atoms with Gasteiger partial charge in [0.25, 0.3) is 5.69 Å². The summed E-state index contributed by atoms with van der Waals surface area (Å²) in [4.78, 5) is 10.3. The van der Waals surface area contributed by atoms with E-state index < -0.39 is 10.7 Å². The van der Waals surface area contributed by atoms with E-state index in [0.717, 1.165) is 18.2 Å². The van der Waals surface area contributed by atoms with Gasteiger partial charge in [0, 0.05) is 23.4 Å². The quantitative estimate of drug-likeness (QED) is 0.667. The van der Waals surface area contributed by atoms with E-state index in [1.165, 1.54) is 12.1 Å². The molecule has 2 unspecified atom stereocenters. The smallest absolute Gasteiger partial charge is 0.292 e. The van der Waals surface area contributed by atoms with Crippen molar-refractivity contribution in [3.05, 3.63) is 34.1 Å². The number of nitrogens with zero attached hydrogens (tertiary/aromatic N) is 1. The van der Waals surface area contributed by atoms with Crippen LogP contribution >= 0.6 is 11.8 Å². The summed E-state index contributed by atoms with van der Waals surface area (Å²) in [6.45, 7) is 2.07. The van der Waals surface area contributed by atoms with Crippen LogP contribution < -0.4 is 5.32 Å². The topological polar surface area (TPSA) is 55.2 Å². The van der Waals surface area contributed by atoms with Gasteiger partial charge < -0.3 is 5.32 Å². The molecule has 0 bridgehead atoms. The fourth-order valence-electron chi connectivity index (χ4n) is 1.90. The van der Waals surface area contributed by atoms with E-state index in [1.807, 2.05) is 11.8 Å². The van der Waals surface area contributed by atoms with Crippen LogP contribution in [0.5, 0.6) is 0 Å². The minimum Gasteiger partial charge on any atom is -0.376 e. The minimum atomic E-state index is -0.492. The van der Waals surface area contributed by atoms with Crippen molar-refractivity contribution in [2.75, 3.05) is 11.1 Å². The predicted octanol–water partition coefficient (Wildman–Crippen LogP) is 3.04. The summed E-state index contributed by atoms with van der Waals surface area (Å²) in [5.41, 5.74) is 0.199. The molecule has 1 N–H and O–H groups in total. The van der Waals surface area contributed by atoms with Gasteiger partial charge in [0.15, 0.2) is 0 Å². The lowest BCUT2D eigenvalue weighted by Gasteiger charge is -2.17. The molecule has 2 rings (SSSR count). The number of nitro benzene ring substituents is 1. The van der Waals surface area contributed by atoms with Crippen molar-refractivity contribution in [3.8, 4) is 0 Å². The SMILES string of the molecule is CC1SCCC1Nc1cc(F)ccc1[N+](=O)[O-]. The van der Waals surface area contributed by atoms with Crippen LogP contribution in [-0.2, 0) is 0 Å². The lowest BCUT2D eigenvalue weighted by Crippen LogP contribution is -2.25. The van der Waals surface area contributed by atoms with E-state index in [1.54, 1.807) is 0 Å². The number of halogens is 1. The second kappa shape index (κ2) is 4.91. The van der Waals surface area contributed by atoms with E-state index in [9.17, 15) is 14.5 Å². The first-order valence-electron chi connectivity index (χ1n) is 5.40. The van der Waals surface area contributed by atoms with Gasteiger partial charge in [-0.3, -0.25) is 10.1 Å². The molecule has 0 saturated carbocycles. The summed E-state index contributed by atoms with van der Waals surface area (Å²) >= 11 is 1.82. The van der Waals surface area contributed by atoms with Crippen molar-refractivity contribution in [2.24, 2.45) is 0 Å². The molecule has 0 aromatic heterocycles. The summed E-state index contributed by atoms with van der Waals surface area (Å²) in [7, 11) is 0. The van der Waals surface area contributed by atoms with E-state index >= 15 is 0 Å². The van der Waals surface area contributed by atoms with Gasteiger partial charge in [-0.2, -0.15) is 11.8 Å². The molecule has 17 heavy (non-hydrogen) atoms. The van der Waals surface area contributed by atoms with E-state index in [4.69, 9.17) is 0 Å². The molecule has 1 aliphatic rings. The van der Waals surface area contributed by atoms with Crippen LogP contribution in [-0.4, -0.2) is 22.0 Å². The highest BCUT2D eigenvalue weighted by Gasteiger charge is 2.26. The Morgan fingerprint density at radius 2 is 2.35 bits per heavy atom. The van der Waals surface area contributed by atoms with Gasteiger partial charge in [0.2, 0.25) is 0 Å². The van der Waals surface area contributed by atoms with Crippen molar-refractivity contribution in [2.45, 2.75) is 24.6 Å². The molecular formula is C11H13FN2O2S. The van der Waals surface area contributed by atoms with E-state index in [-0.39, 0.29) is 17.4 Å². The lowest BCUT2D eigenvalue weighted by atomic mass is 10.1. The maximum atomic E-state index is 13.1. The molecule has 1 saturated heterocycles. The molecule has 1 aromatic rings. The summed E-state index contributed by atoms with van der Waals surface area (Å²) < 4.78 is 13.1. The van der Waals surface area contributed by atoms with Crippen molar-refractivity contribution in [3.63, 3.8) is 0 Å². The zero-order chi connectivity index (χ0) is 12.4. The molecule has 4 nitrogen and oxygen atoms in total. The number of anilines is 1. The van der Waals surface area contributed by atoms with Crippen LogP contribution in [0.15, 0.2) is 18.2 Å². The summed E-state index contributed by atoms with van der Waals surface area (Å²) in [6, 6.07) is 3.66. The molecule has 0 radical (unpaired) electrons. The van der Waals surface area contributed by atoms with Crippen LogP contribution in [0, 0.1) is 15.9 Å². The first kappa shape index (κ1) is 12.2. The van der Waals surface area contributed by atoms with Crippen LogP contribution in [0.25, 0.3) is 0 Å². The average molecular weight is 256 g/mol. The van der Waals surface area contributed by atoms with Gasteiger partial charge in [0.05, 0.1) is 4.92 Å². The maximum Gasteiger partial charge on any atom is 0.292 e. The molecule has 1 aliphatic heterocycles. The zero-order valence-electron chi connectivity index (χ0n) is 9.35.